The number of hydrogen-bond acceptors (Lipinski definition) is 8. The topological polar surface area (TPSA) is 107 Å². The van der Waals surface area contributed by atoms with Gasteiger partial charge in [0, 0.05) is 17.4 Å². The number of methoxy groups -OCH3 is 3. The number of nitrogens with zero attached hydrogens (tertiary/aromatic N) is 3. The summed E-state index contributed by atoms with van der Waals surface area (Å²) in [7, 11) is 4.72. The molecule has 2 heterocycles. The summed E-state index contributed by atoms with van der Waals surface area (Å²) in [5.74, 6) is 2.13. The van der Waals surface area contributed by atoms with Crippen molar-refractivity contribution in [1.82, 2.24) is 15.0 Å². The van der Waals surface area contributed by atoms with E-state index in [-0.39, 0.29) is 11.9 Å². The molecule has 1 amide bonds. The normalized spacial score (nSPS) is 11.3. The van der Waals surface area contributed by atoms with Crippen molar-refractivity contribution in [2.24, 2.45) is 0 Å². The first-order chi connectivity index (χ1) is 17.5. The van der Waals surface area contributed by atoms with E-state index in [4.69, 9.17) is 19.2 Å². The molecule has 0 fully saturated rings. The molecule has 2 aromatic carbocycles. The molecule has 36 heavy (non-hydrogen) atoms. The summed E-state index contributed by atoms with van der Waals surface area (Å²) in [5.41, 5.74) is 3.59. The number of nitrogens with one attached hydrogen (secondary N) is 2. The Morgan fingerprint density at radius 1 is 0.861 bits per heavy atom. The summed E-state index contributed by atoms with van der Waals surface area (Å²) in [4.78, 5) is 25.7. The molecule has 0 saturated carbocycles. The largest absolute Gasteiger partial charge is 0.495 e. The minimum Gasteiger partial charge on any atom is -0.495 e. The number of benzene rings is 2. The second kappa shape index (κ2) is 11.2. The van der Waals surface area contributed by atoms with Crippen LogP contribution in [0.1, 0.15) is 28.9 Å². The van der Waals surface area contributed by atoms with Gasteiger partial charge in [-0.3, -0.25) is 14.8 Å². The summed E-state index contributed by atoms with van der Waals surface area (Å²) in [6.45, 7) is 2.01. The highest BCUT2D eigenvalue weighted by Gasteiger charge is 2.12. The zero-order chi connectivity index (χ0) is 25.5. The quantitative estimate of drug-likeness (QED) is 0.341. The summed E-state index contributed by atoms with van der Waals surface area (Å²) in [5, 5.41) is 6.29. The van der Waals surface area contributed by atoms with Crippen LogP contribution in [0.2, 0.25) is 0 Å². The monoisotopic (exact) mass is 485 g/mol. The van der Waals surface area contributed by atoms with Crippen LogP contribution in [-0.2, 0) is 0 Å². The van der Waals surface area contributed by atoms with Crippen LogP contribution in [0.5, 0.6) is 17.2 Å². The van der Waals surface area contributed by atoms with Crippen molar-refractivity contribution in [1.29, 1.82) is 0 Å². The van der Waals surface area contributed by atoms with Crippen LogP contribution in [0.15, 0.2) is 73.3 Å². The molecule has 9 nitrogen and oxygen atoms in total. The summed E-state index contributed by atoms with van der Waals surface area (Å²) < 4.78 is 15.9. The van der Waals surface area contributed by atoms with Crippen molar-refractivity contribution >= 4 is 17.4 Å². The Bertz CT molecular complexity index is 1360. The average Bonchev–Trinajstić information content (AvgIpc) is 2.93. The minimum atomic E-state index is -0.271. The van der Waals surface area contributed by atoms with Crippen LogP contribution in [0.4, 0.5) is 11.5 Å². The number of anilines is 2. The van der Waals surface area contributed by atoms with E-state index in [1.807, 2.05) is 49.4 Å². The first kappa shape index (κ1) is 24.5. The number of aromatic nitrogens is 3. The van der Waals surface area contributed by atoms with Gasteiger partial charge in [0.1, 0.15) is 11.6 Å². The third-order valence-corrected chi connectivity index (χ3v) is 5.53. The van der Waals surface area contributed by atoms with E-state index in [9.17, 15) is 4.79 Å². The van der Waals surface area contributed by atoms with Gasteiger partial charge in [0.15, 0.2) is 11.5 Å². The maximum absolute atomic E-state index is 12.7. The van der Waals surface area contributed by atoms with Gasteiger partial charge in [0.25, 0.3) is 5.91 Å². The van der Waals surface area contributed by atoms with Gasteiger partial charge in [-0.05, 0) is 48.9 Å². The summed E-state index contributed by atoms with van der Waals surface area (Å²) in [6.07, 6.45) is 6.41. The number of amides is 1. The maximum Gasteiger partial charge on any atom is 0.257 e. The molecule has 9 heteroatoms. The molecule has 2 aromatic heterocycles. The number of carbonyl (C=O) groups is 1. The van der Waals surface area contributed by atoms with Crippen LogP contribution in [0.3, 0.4) is 0 Å². The third-order valence-electron chi connectivity index (χ3n) is 5.53. The van der Waals surface area contributed by atoms with Crippen molar-refractivity contribution in [3.8, 4) is 28.5 Å². The fraction of sp³-hybridized carbons (Fsp3) is 0.185. The van der Waals surface area contributed by atoms with Crippen LogP contribution in [0.25, 0.3) is 11.3 Å². The van der Waals surface area contributed by atoms with Crippen LogP contribution < -0.4 is 24.8 Å². The number of pyridine rings is 1. The van der Waals surface area contributed by atoms with Crippen molar-refractivity contribution in [3.05, 3.63) is 84.4 Å². The molecule has 0 bridgehead atoms. The molecule has 0 aliphatic carbocycles. The molecule has 2 N–H and O–H groups in total. The SMILES string of the molecule is COc1cncc(C(=O)Nc2cccc([C@H](C)Nc3cncc(-c4ccc(OC)c(OC)c4)n3)c2)c1. The zero-order valence-electron chi connectivity index (χ0n) is 20.5. The molecule has 0 spiro atoms. The van der Waals surface area contributed by atoms with Gasteiger partial charge in [-0.25, -0.2) is 4.98 Å². The van der Waals surface area contributed by atoms with E-state index in [0.29, 0.717) is 40.0 Å². The lowest BCUT2D eigenvalue weighted by Gasteiger charge is -2.17. The molecular weight excluding hydrogens is 458 g/mol. The summed E-state index contributed by atoms with van der Waals surface area (Å²) >= 11 is 0. The van der Waals surface area contributed by atoms with Gasteiger partial charge in [0.05, 0.1) is 57.2 Å². The van der Waals surface area contributed by atoms with Crippen molar-refractivity contribution in [3.63, 3.8) is 0 Å². The van der Waals surface area contributed by atoms with Gasteiger partial charge in [-0.15, -0.1) is 0 Å². The Labute approximate surface area is 209 Å². The number of rotatable bonds is 9. The molecule has 184 valence electrons. The van der Waals surface area contributed by atoms with Crippen molar-refractivity contribution in [2.45, 2.75) is 13.0 Å². The predicted molar refractivity (Wildman–Crippen MR) is 138 cm³/mol. The zero-order valence-corrected chi connectivity index (χ0v) is 20.5. The minimum absolute atomic E-state index is 0.102. The Hall–Kier alpha value is -4.66. The van der Waals surface area contributed by atoms with E-state index in [1.54, 1.807) is 38.9 Å². The Morgan fingerprint density at radius 3 is 2.44 bits per heavy atom. The van der Waals surface area contributed by atoms with E-state index in [2.05, 4.69) is 20.6 Å². The standard InChI is InChI=1S/C27H27N5O4/c1-17(18-6-5-7-21(10-18)31-27(33)20-11-22(34-2)14-28-13-20)30-26-16-29-15-23(32-26)19-8-9-24(35-3)25(12-19)36-4/h5-17H,1-4H3,(H,30,32)(H,31,33)/t17-/m0/s1. The van der Waals surface area contributed by atoms with Gasteiger partial charge < -0.3 is 24.8 Å². The molecule has 0 saturated heterocycles. The Kier molecular flexibility index (Phi) is 7.60. The molecule has 0 aliphatic heterocycles. The number of hydrogen-bond donors (Lipinski definition) is 2. The van der Waals surface area contributed by atoms with Gasteiger partial charge in [0.2, 0.25) is 0 Å². The number of carbonyl (C=O) groups excluding carboxylic acids is 1. The van der Waals surface area contributed by atoms with Gasteiger partial charge >= 0.3 is 0 Å². The molecule has 0 radical (unpaired) electrons. The highest BCUT2D eigenvalue weighted by molar-refractivity contribution is 6.04. The fourth-order valence-corrected chi connectivity index (χ4v) is 3.62. The second-order valence-electron chi connectivity index (χ2n) is 7.92. The Morgan fingerprint density at radius 2 is 1.67 bits per heavy atom. The second-order valence-corrected chi connectivity index (χ2v) is 7.92. The van der Waals surface area contributed by atoms with Crippen LogP contribution >= 0.6 is 0 Å². The first-order valence-electron chi connectivity index (χ1n) is 11.2. The maximum atomic E-state index is 12.7. The van der Waals surface area contributed by atoms with Crippen molar-refractivity contribution < 1.29 is 19.0 Å². The Balaban J connectivity index is 1.48. The average molecular weight is 486 g/mol. The lowest BCUT2D eigenvalue weighted by Crippen LogP contribution is -2.13. The van der Waals surface area contributed by atoms with E-state index in [1.165, 1.54) is 13.3 Å². The third kappa shape index (κ3) is 5.69. The van der Waals surface area contributed by atoms with E-state index in [0.717, 1.165) is 11.1 Å². The molecule has 0 unspecified atom stereocenters. The van der Waals surface area contributed by atoms with E-state index < -0.39 is 0 Å². The number of ether oxygens (including phenoxy) is 3. The highest BCUT2D eigenvalue weighted by Crippen LogP contribution is 2.32. The molecule has 1 atom stereocenters. The fourth-order valence-electron chi connectivity index (χ4n) is 3.62. The first-order valence-corrected chi connectivity index (χ1v) is 11.2. The highest BCUT2D eigenvalue weighted by atomic mass is 16.5. The molecule has 4 aromatic rings. The van der Waals surface area contributed by atoms with Gasteiger partial charge in [-0.2, -0.15) is 0 Å². The van der Waals surface area contributed by atoms with E-state index >= 15 is 0 Å². The summed E-state index contributed by atoms with van der Waals surface area (Å²) in [6, 6.07) is 14.7. The smallest absolute Gasteiger partial charge is 0.257 e. The van der Waals surface area contributed by atoms with Crippen LogP contribution in [-0.4, -0.2) is 42.2 Å². The molecule has 0 aliphatic rings. The lowest BCUT2D eigenvalue weighted by molar-refractivity contribution is 0.102. The molecular formula is C27H27N5O4. The van der Waals surface area contributed by atoms with Crippen molar-refractivity contribution in [2.75, 3.05) is 32.0 Å². The lowest BCUT2D eigenvalue weighted by atomic mass is 10.1. The predicted octanol–water partition coefficient (Wildman–Crippen LogP) is 4.99. The molecule has 4 rings (SSSR count). The van der Waals surface area contributed by atoms with Crippen LogP contribution in [0, 0.1) is 0 Å². The van der Waals surface area contributed by atoms with Gasteiger partial charge in [-0.1, -0.05) is 12.1 Å².